The van der Waals surface area contributed by atoms with E-state index in [2.05, 4.69) is 0 Å². The summed E-state index contributed by atoms with van der Waals surface area (Å²) in [5.74, 6) is 0. The molecule has 1 saturated carbocycles. The van der Waals surface area contributed by atoms with E-state index >= 15 is 0 Å². The number of hydrogen-bond acceptors (Lipinski definition) is 4. The van der Waals surface area contributed by atoms with Crippen LogP contribution in [-0.2, 0) is 4.74 Å². The number of ether oxygens (including phenoxy) is 1. The second-order valence-electron chi connectivity index (χ2n) is 6.38. The maximum absolute atomic E-state index is 13.6. The number of nitrogens with zero attached hydrogens (tertiary/aromatic N) is 2. The Morgan fingerprint density at radius 3 is 2.48 bits per heavy atom. The number of rotatable bonds is 4. The van der Waals surface area contributed by atoms with Crippen LogP contribution in [0.3, 0.4) is 0 Å². The second kappa shape index (κ2) is 6.27. The molecule has 23 heavy (non-hydrogen) atoms. The first-order valence-corrected chi connectivity index (χ1v) is 8.45. The minimum absolute atomic E-state index is 0.0936. The van der Waals surface area contributed by atoms with E-state index in [1.54, 1.807) is 24.3 Å². The number of hydrogen-bond donors (Lipinski definition) is 0. The Kier molecular flexibility index (Phi) is 4.66. The van der Waals surface area contributed by atoms with Gasteiger partial charge in [0.1, 0.15) is 6.04 Å². The lowest BCUT2D eigenvalue weighted by atomic mass is 10.1. The zero-order chi connectivity index (χ0) is 16.7. The lowest BCUT2D eigenvalue weighted by Crippen LogP contribution is -2.43. The van der Waals surface area contributed by atoms with Crippen molar-refractivity contribution in [3.63, 3.8) is 0 Å². The van der Waals surface area contributed by atoms with Crippen LogP contribution in [0.5, 0.6) is 0 Å². The van der Waals surface area contributed by atoms with Gasteiger partial charge in [0, 0.05) is 25.2 Å². The average Bonchev–Trinajstić information content (AvgIpc) is 3.18. The molecule has 2 aliphatic rings. The van der Waals surface area contributed by atoms with Crippen LogP contribution in [0, 0.1) is 6.92 Å². The van der Waals surface area contributed by atoms with Gasteiger partial charge in [-0.15, -0.1) is 0 Å². The molecule has 1 saturated heterocycles. The molecule has 1 aromatic carbocycles. The molecular formula is C16H21F3N2OS. The molecular weight excluding hydrogens is 325 g/mol. The van der Waals surface area contributed by atoms with Gasteiger partial charge < -0.3 is 4.74 Å². The predicted octanol–water partition coefficient (Wildman–Crippen LogP) is 3.96. The fourth-order valence-electron chi connectivity index (χ4n) is 2.90. The van der Waals surface area contributed by atoms with E-state index in [1.165, 1.54) is 11.4 Å². The van der Waals surface area contributed by atoms with Crippen molar-refractivity contribution in [1.29, 1.82) is 0 Å². The molecule has 0 amide bonds. The molecule has 128 valence electrons. The van der Waals surface area contributed by atoms with Crippen LogP contribution in [0.15, 0.2) is 24.3 Å². The molecule has 1 spiro atoms. The van der Waals surface area contributed by atoms with Crippen LogP contribution < -0.4 is 0 Å². The molecule has 1 atom stereocenters. The summed E-state index contributed by atoms with van der Waals surface area (Å²) in [4.78, 5) is 0. The first-order valence-electron chi connectivity index (χ1n) is 7.72. The summed E-state index contributed by atoms with van der Waals surface area (Å²) >= 11 is 1.16. The van der Waals surface area contributed by atoms with Gasteiger partial charge in [-0.1, -0.05) is 29.8 Å². The van der Waals surface area contributed by atoms with Crippen molar-refractivity contribution in [1.82, 2.24) is 8.61 Å². The highest BCUT2D eigenvalue weighted by Crippen LogP contribution is 2.45. The molecule has 0 aromatic heterocycles. The Bertz CT molecular complexity index is 545. The Balaban J connectivity index is 1.72. The molecule has 1 aromatic rings. The number of alkyl halides is 3. The van der Waals surface area contributed by atoms with Crippen LogP contribution in [-0.4, -0.2) is 47.1 Å². The highest BCUT2D eigenvalue weighted by Gasteiger charge is 2.49. The van der Waals surface area contributed by atoms with E-state index in [-0.39, 0.29) is 11.2 Å². The summed E-state index contributed by atoms with van der Waals surface area (Å²) in [7, 11) is 1.51. The van der Waals surface area contributed by atoms with Gasteiger partial charge in [0.05, 0.1) is 12.2 Å². The zero-order valence-corrected chi connectivity index (χ0v) is 14.1. The molecule has 0 unspecified atom stereocenters. The SMILES string of the molecule is Cc1ccc([C@@H](N(C)SN2CCOC3(CC3)C2)C(F)(F)F)cc1. The second-order valence-corrected chi connectivity index (χ2v) is 7.63. The van der Waals surface area contributed by atoms with E-state index in [4.69, 9.17) is 4.74 Å². The number of morpholine rings is 1. The van der Waals surface area contributed by atoms with E-state index in [1.807, 2.05) is 11.2 Å². The van der Waals surface area contributed by atoms with Crippen molar-refractivity contribution in [2.24, 2.45) is 0 Å². The van der Waals surface area contributed by atoms with Crippen molar-refractivity contribution < 1.29 is 17.9 Å². The Morgan fingerprint density at radius 2 is 1.91 bits per heavy atom. The van der Waals surface area contributed by atoms with Gasteiger partial charge in [-0.25, -0.2) is 8.61 Å². The topological polar surface area (TPSA) is 15.7 Å². The third-order valence-corrected chi connectivity index (χ3v) is 5.34. The molecule has 0 N–H and O–H groups in total. The van der Waals surface area contributed by atoms with E-state index in [0.717, 1.165) is 30.5 Å². The first kappa shape index (κ1) is 17.1. The molecule has 2 fully saturated rings. The fourth-order valence-corrected chi connectivity index (χ4v) is 4.05. The largest absolute Gasteiger partial charge is 0.408 e. The normalized spacial score (nSPS) is 22.5. The maximum atomic E-state index is 13.6. The zero-order valence-electron chi connectivity index (χ0n) is 13.3. The maximum Gasteiger partial charge on any atom is 0.408 e. The van der Waals surface area contributed by atoms with E-state index in [9.17, 15) is 13.2 Å². The highest BCUT2D eigenvalue weighted by atomic mass is 32.2. The van der Waals surface area contributed by atoms with Crippen LogP contribution in [0.4, 0.5) is 13.2 Å². The molecule has 0 radical (unpaired) electrons. The summed E-state index contributed by atoms with van der Waals surface area (Å²) in [6, 6.07) is 4.95. The predicted molar refractivity (Wildman–Crippen MR) is 84.8 cm³/mol. The summed E-state index contributed by atoms with van der Waals surface area (Å²) in [6.07, 6.45) is -2.30. The third kappa shape index (κ3) is 4.02. The minimum atomic E-state index is -4.32. The Hall–Kier alpha value is -0.760. The fraction of sp³-hybridized carbons (Fsp3) is 0.625. The van der Waals surface area contributed by atoms with Crippen molar-refractivity contribution in [3.05, 3.63) is 35.4 Å². The molecule has 3 rings (SSSR count). The Labute approximate surface area is 139 Å². The van der Waals surface area contributed by atoms with Gasteiger partial charge in [0.2, 0.25) is 0 Å². The summed E-state index contributed by atoms with van der Waals surface area (Å²) in [5, 5.41) is 0. The smallest absolute Gasteiger partial charge is 0.372 e. The molecule has 3 nitrogen and oxygen atoms in total. The van der Waals surface area contributed by atoms with Gasteiger partial charge in [-0.2, -0.15) is 13.2 Å². The van der Waals surface area contributed by atoms with Crippen LogP contribution in [0.1, 0.15) is 30.0 Å². The van der Waals surface area contributed by atoms with Gasteiger partial charge in [0.25, 0.3) is 0 Å². The molecule has 7 heteroatoms. The number of halogens is 3. The quantitative estimate of drug-likeness (QED) is 0.767. The van der Waals surface area contributed by atoms with Crippen LogP contribution in [0.25, 0.3) is 0 Å². The summed E-state index contributed by atoms with van der Waals surface area (Å²) < 4.78 is 49.8. The standard InChI is InChI=1S/C16H21F3N2OS/c1-12-3-5-13(6-4-12)14(16(17,18)19)20(2)23-21-9-10-22-15(11-21)7-8-15/h3-6,14H,7-11H2,1-2H3/t14-/m1/s1. The minimum Gasteiger partial charge on any atom is -0.372 e. The van der Waals surface area contributed by atoms with Crippen molar-refractivity contribution in [2.75, 3.05) is 26.7 Å². The summed E-state index contributed by atoms with van der Waals surface area (Å²) in [5.41, 5.74) is 1.13. The first-order chi connectivity index (χ1) is 10.8. The monoisotopic (exact) mass is 346 g/mol. The lowest BCUT2D eigenvalue weighted by molar-refractivity contribution is -0.170. The molecule has 1 heterocycles. The summed E-state index contributed by atoms with van der Waals surface area (Å²) in [6.45, 7) is 3.80. The number of aryl methyl sites for hydroxylation is 1. The van der Waals surface area contributed by atoms with Crippen LogP contribution >= 0.6 is 12.1 Å². The Morgan fingerprint density at radius 1 is 1.26 bits per heavy atom. The van der Waals surface area contributed by atoms with Crippen molar-refractivity contribution >= 4 is 12.1 Å². The van der Waals surface area contributed by atoms with Gasteiger partial charge in [0.15, 0.2) is 0 Å². The van der Waals surface area contributed by atoms with Gasteiger partial charge in [-0.05, 0) is 32.4 Å². The average molecular weight is 346 g/mol. The van der Waals surface area contributed by atoms with E-state index in [0.29, 0.717) is 19.7 Å². The molecule has 0 bridgehead atoms. The van der Waals surface area contributed by atoms with Crippen molar-refractivity contribution in [2.45, 2.75) is 37.6 Å². The van der Waals surface area contributed by atoms with E-state index < -0.39 is 12.2 Å². The number of benzene rings is 1. The van der Waals surface area contributed by atoms with Crippen molar-refractivity contribution in [3.8, 4) is 0 Å². The molecule has 1 aliphatic heterocycles. The highest BCUT2D eigenvalue weighted by molar-refractivity contribution is 7.94. The van der Waals surface area contributed by atoms with Crippen LogP contribution in [0.2, 0.25) is 0 Å². The van der Waals surface area contributed by atoms with Gasteiger partial charge in [-0.3, -0.25) is 0 Å². The third-order valence-electron chi connectivity index (χ3n) is 4.33. The van der Waals surface area contributed by atoms with Gasteiger partial charge >= 0.3 is 6.18 Å². The molecule has 1 aliphatic carbocycles. The lowest BCUT2D eigenvalue weighted by Gasteiger charge is -2.37.